The Morgan fingerprint density at radius 1 is 0.607 bits per heavy atom. The number of rotatable bonds is 2. The van der Waals surface area contributed by atoms with E-state index in [1.807, 2.05) is 18.2 Å². The van der Waals surface area contributed by atoms with Gasteiger partial charge in [-0.25, -0.2) is 0 Å². The normalized spacial score (nSPS) is 11.9. The highest BCUT2D eigenvalue weighted by molar-refractivity contribution is 5.92. The van der Waals surface area contributed by atoms with Crippen molar-refractivity contribution in [1.29, 1.82) is 0 Å². The molecule has 0 saturated carbocycles. The summed E-state index contributed by atoms with van der Waals surface area (Å²) in [6, 6.07) is 27.5. The lowest BCUT2D eigenvalue weighted by Crippen LogP contribution is -1.95. The fourth-order valence-corrected chi connectivity index (χ4v) is 4.31. The average molecular weight is 362 g/mol. The first-order valence-electron chi connectivity index (χ1n) is 9.58. The number of hydrogen-bond acceptors (Lipinski definition) is 2. The minimum atomic E-state index is 0.771. The summed E-state index contributed by atoms with van der Waals surface area (Å²) in [5.74, 6) is 0. The van der Waals surface area contributed by atoms with Crippen LogP contribution in [-0.4, -0.2) is 0 Å². The van der Waals surface area contributed by atoms with Gasteiger partial charge < -0.3 is 11.5 Å². The number of nitrogen functional groups attached to an aromatic ring is 2. The Labute approximate surface area is 165 Å². The van der Waals surface area contributed by atoms with E-state index >= 15 is 0 Å². The van der Waals surface area contributed by atoms with Gasteiger partial charge in [-0.15, -0.1) is 0 Å². The summed E-state index contributed by atoms with van der Waals surface area (Å²) in [6.45, 7) is 2.17. The molecule has 0 aliphatic heterocycles. The second-order valence-corrected chi connectivity index (χ2v) is 7.60. The third kappa shape index (κ3) is 2.66. The maximum Gasteiger partial charge on any atom is 0.0320 e. The molecular weight excluding hydrogens is 340 g/mol. The summed E-state index contributed by atoms with van der Waals surface area (Å²) in [4.78, 5) is 0. The van der Waals surface area contributed by atoms with Gasteiger partial charge in [-0.2, -0.15) is 0 Å². The molecule has 0 heterocycles. The summed E-state index contributed by atoms with van der Waals surface area (Å²) in [7, 11) is 0. The molecule has 1 aliphatic carbocycles. The highest BCUT2D eigenvalue weighted by atomic mass is 14.5. The second kappa shape index (κ2) is 6.28. The number of fused-ring (bicyclic) bond motifs is 3. The first kappa shape index (κ1) is 16.6. The summed E-state index contributed by atoms with van der Waals surface area (Å²) in [6.07, 6.45) is 0.955. The molecule has 0 radical (unpaired) electrons. The van der Waals surface area contributed by atoms with Gasteiger partial charge in [-0.1, -0.05) is 54.6 Å². The van der Waals surface area contributed by atoms with Crippen LogP contribution in [0.5, 0.6) is 0 Å². The quantitative estimate of drug-likeness (QED) is 0.375. The third-order valence-electron chi connectivity index (χ3n) is 5.62. The highest BCUT2D eigenvalue weighted by Crippen LogP contribution is 2.45. The van der Waals surface area contributed by atoms with Crippen LogP contribution in [0.15, 0.2) is 78.9 Å². The van der Waals surface area contributed by atoms with Crippen LogP contribution in [0.3, 0.4) is 0 Å². The molecule has 0 aromatic heterocycles. The first-order chi connectivity index (χ1) is 13.6. The predicted octanol–water partition coefficient (Wildman–Crippen LogP) is 6.06. The standard InChI is InChI=1S/C26H22N2/c1-16-12-23-21-5-3-2-4-18(21)14-25(23)24(13-16)26-15-20(28)10-11-22(26)17-6-8-19(27)9-7-17/h2-13,15H,14,27-28H2,1H3. The topological polar surface area (TPSA) is 52.0 Å². The molecule has 4 aromatic carbocycles. The lowest BCUT2D eigenvalue weighted by atomic mass is 9.88. The molecule has 4 N–H and O–H groups in total. The smallest absolute Gasteiger partial charge is 0.0320 e. The zero-order valence-corrected chi connectivity index (χ0v) is 15.9. The van der Waals surface area contributed by atoms with Crippen LogP contribution in [0.2, 0.25) is 0 Å². The molecule has 0 amide bonds. The van der Waals surface area contributed by atoms with Crippen LogP contribution < -0.4 is 11.5 Å². The predicted molar refractivity (Wildman–Crippen MR) is 119 cm³/mol. The van der Waals surface area contributed by atoms with Gasteiger partial charge in [0.2, 0.25) is 0 Å². The zero-order valence-electron chi connectivity index (χ0n) is 15.9. The molecule has 136 valence electrons. The summed E-state index contributed by atoms with van der Waals surface area (Å²) in [5.41, 5.74) is 25.2. The Morgan fingerprint density at radius 3 is 2.07 bits per heavy atom. The molecular formula is C26H22N2. The van der Waals surface area contributed by atoms with E-state index in [4.69, 9.17) is 11.5 Å². The van der Waals surface area contributed by atoms with Crippen molar-refractivity contribution in [2.75, 3.05) is 11.5 Å². The SMILES string of the molecule is Cc1cc2c(c(-c3cc(N)ccc3-c3ccc(N)cc3)c1)Cc1ccccc1-2. The van der Waals surface area contributed by atoms with Crippen molar-refractivity contribution in [3.05, 3.63) is 95.6 Å². The van der Waals surface area contributed by atoms with Crippen molar-refractivity contribution in [2.24, 2.45) is 0 Å². The molecule has 2 heteroatoms. The third-order valence-corrected chi connectivity index (χ3v) is 5.62. The lowest BCUT2D eigenvalue weighted by Gasteiger charge is -2.16. The molecule has 5 rings (SSSR count). The summed E-state index contributed by atoms with van der Waals surface area (Å²) < 4.78 is 0. The van der Waals surface area contributed by atoms with E-state index in [-0.39, 0.29) is 0 Å². The van der Waals surface area contributed by atoms with E-state index in [9.17, 15) is 0 Å². The van der Waals surface area contributed by atoms with E-state index in [1.165, 1.54) is 44.5 Å². The molecule has 4 aromatic rings. The maximum atomic E-state index is 6.21. The van der Waals surface area contributed by atoms with Crippen molar-refractivity contribution < 1.29 is 0 Å². The van der Waals surface area contributed by atoms with E-state index in [2.05, 4.69) is 67.6 Å². The number of benzene rings is 4. The van der Waals surface area contributed by atoms with E-state index in [0.29, 0.717) is 0 Å². The van der Waals surface area contributed by atoms with Gasteiger partial charge in [0, 0.05) is 11.4 Å². The minimum absolute atomic E-state index is 0.771. The molecule has 0 fully saturated rings. The Morgan fingerprint density at radius 2 is 1.29 bits per heavy atom. The molecule has 2 nitrogen and oxygen atoms in total. The van der Waals surface area contributed by atoms with Crippen molar-refractivity contribution in [2.45, 2.75) is 13.3 Å². The van der Waals surface area contributed by atoms with Crippen LogP contribution in [0.25, 0.3) is 33.4 Å². The fourth-order valence-electron chi connectivity index (χ4n) is 4.31. The molecule has 28 heavy (non-hydrogen) atoms. The van der Waals surface area contributed by atoms with Crippen LogP contribution in [0.1, 0.15) is 16.7 Å². The minimum Gasteiger partial charge on any atom is -0.399 e. The number of anilines is 2. The van der Waals surface area contributed by atoms with E-state index in [1.54, 1.807) is 0 Å². The Balaban J connectivity index is 1.77. The van der Waals surface area contributed by atoms with Crippen LogP contribution in [0, 0.1) is 6.92 Å². The highest BCUT2D eigenvalue weighted by Gasteiger charge is 2.23. The van der Waals surface area contributed by atoms with Crippen LogP contribution in [0.4, 0.5) is 11.4 Å². The molecule has 0 unspecified atom stereocenters. The molecule has 1 aliphatic rings. The lowest BCUT2D eigenvalue weighted by molar-refractivity contribution is 1.26. The van der Waals surface area contributed by atoms with Gasteiger partial charge in [0.05, 0.1) is 0 Å². The van der Waals surface area contributed by atoms with Crippen molar-refractivity contribution >= 4 is 11.4 Å². The van der Waals surface area contributed by atoms with Gasteiger partial charge in [0.25, 0.3) is 0 Å². The van der Waals surface area contributed by atoms with Gasteiger partial charge >= 0.3 is 0 Å². The van der Waals surface area contributed by atoms with Crippen molar-refractivity contribution in [3.63, 3.8) is 0 Å². The molecule has 0 saturated heterocycles. The number of hydrogen-bond donors (Lipinski definition) is 2. The monoisotopic (exact) mass is 362 g/mol. The van der Waals surface area contributed by atoms with Gasteiger partial charge in [0.1, 0.15) is 0 Å². The van der Waals surface area contributed by atoms with E-state index < -0.39 is 0 Å². The van der Waals surface area contributed by atoms with Gasteiger partial charge in [-0.3, -0.25) is 0 Å². The summed E-state index contributed by atoms with van der Waals surface area (Å²) >= 11 is 0. The van der Waals surface area contributed by atoms with E-state index in [0.717, 1.165) is 23.4 Å². The van der Waals surface area contributed by atoms with Crippen molar-refractivity contribution in [1.82, 2.24) is 0 Å². The van der Waals surface area contributed by atoms with Crippen LogP contribution >= 0.6 is 0 Å². The Bertz CT molecular complexity index is 1200. The Kier molecular flexibility index (Phi) is 3.73. The fraction of sp³-hybridized carbons (Fsp3) is 0.0769. The maximum absolute atomic E-state index is 6.21. The summed E-state index contributed by atoms with van der Waals surface area (Å²) in [5, 5.41) is 0. The number of aryl methyl sites for hydroxylation is 1. The Hall–Kier alpha value is -3.52. The average Bonchev–Trinajstić information content (AvgIpc) is 3.07. The van der Waals surface area contributed by atoms with Gasteiger partial charge in [-0.05, 0) is 87.7 Å². The first-order valence-corrected chi connectivity index (χ1v) is 9.58. The second-order valence-electron chi connectivity index (χ2n) is 7.60. The zero-order chi connectivity index (χ0) is 19.3. The molecule has 0 bridgehead atoms. The van der Waals surface area contributed by atoms with Gasteiger partial charge in [0.15, 0.2) is 0 Å². The molecule has 0 atom stereocenters. The molecule has 0 spiro atoms. The van der Waals surface area contributed by atoms with Crippen LogP contribution in [-0.2, 0) is 6.42 Å². The number of nitrogens with two attached hydrogens (primary N) is 2. The van der Waals surface area contributed by atoms with Crippen molar-refractivity contribution in [3.8, 4) is 33.4 Å². The largest absolute Gasteiger partial charge is 0.399 e.